The SMILES string of the molecule is CCCC(C)(NC(=O)c1cc(NC(=O)CC(C)C)ccc1Cl)C(=O)O. The molecule has 138 valence electrons. The fourth-order valence-corrected chi connectivity index (χ4v) is 2.60. The molecule has 0 radical (unpaired) electrons. The Morgan fingerprint density at radius 1 is 1.28 bits per heavy atom. The van der Waals surface area contributed by atoms with E-state index >= 15 is 0 Å². The maximum absolute atomic E-state index is 12.5. The van der Waals surface area contributed by atoms with Crippen LogP contribution in [0.1, 0.15) is 57.3 Å². The summed E-state index contributed by atoms with van der Waals surface area (Å²) in [6.45, 7) is 7.16. The lowest BCUT2D eigenvalue weighted by molar-refractivity contribution is -0.144. The third-order valence-corrected chi connectivity index (χ3v) is 4.03. The molecule has 6 nitrogen and oxygen atoms in total. The first kappa shape index (κ1) is 21.0. The van der Waals surface area contributed by atoms with Crippen LogP contribution in [-0.2, 0) is 9.59 Å². The van der Waals surface area contributed by atoms with Gasteiger partial charge >= 0.3 is 5.97 Å². The number of anilines is 1. The summed E-state index contributed by atoms with van der Waals surface area (Å²) in [4.78, 5) is 35.8. The minimum absolute atomic E-state index is 0.118. The number of carboxylic acids is 1. The molecule has 3 N–H and O–H groups in total. The molecule has 0 aliphatic heterocycles. The van der Waals surface area contributed by atoms with Crippen LogP contribution < -0.4 is 10.6 Å². The van der Waals surface area contributed by atoms with Crippen molar-refractivity contribution in [2.75, 3.05) is 5.32 Å². The molecule has 1 aromatic carbocycles. The summed E-state index contributed by atoms with van der Waals surface area (Å²) in [6, 6.07) is 4.54. The van der Waals surface area contributed by atoms with Crippen LogP contribution in [0.4, 0.5) is 5.69 Å². The van der Waals surface area contributed by atoms with E-state index in [9.17, 15) is 19.5 Å². The Kier molecular flexibility index (Phi) is 7.42. The second kappa shape index (κ2) is 8.85. The predicted octanol–water partition coefficient (Wildman–Crippen LogP) is 3.70. The normalized spacial score (nSPS) is 13.2. The Morgan fingerprint density at radius 2 is 1.92 bits per heavy atom. The van der Waals surface area contributed by atoms with Gasteiger partial charge in [0.05, 0.1) is 10.6 Å². The third-order valence-electron chi connectivity index (χ3n) is 3.70. The quantitative estimate of drug-likeness (QED) is 0.651. The molecular weight excluding hydrogens is 344 g/mol. The Morgan fingerprint density at radius 3 is 2.44 bits per heavy atom. The Bertz CT molecular complexity index is 660. The van der Waals surface area contributed by atoms with Crippen LogP contribution in [0, 0.1) is 5.92 Å². The van der Waals surface area contributed by atoms with Gasteiger partial charge in [-0.1, -0.05) is 38.8 Å². The number of carbonyl (C=O) groups excluding carboxylic acids is 2. The van der Waals surface area contributed by atoms with Crippen molar-refractivity contribution in [2.45, 2.75) is 52.5 Å². The predicted molar refractivity (Wildman–Crippen MR) is 98.0 cm³/mol. The van der Waals surface area contributed by atoms with Gasteiger partial charge in [-0.3, -0.25) is 9.59 Å². The van der Waals surface area contributed by atoms with Gasteiger partial charge in [-0.15, -0.1) is 0 Å². The number of nitrogens with one attached hydrogen (secondary N) is 2. The Labute approximate surface area is 152 Å². The summed E-state index contributed by atoms with van der Waals surface area (Å²) in [5.41, 5.74) is -0.827. The molecule has 0 bridgehead atoms. The van der Waals surface area contributed by atoms with Gasteiger partial charge in [0.1, 0.15) is 5.54 Å². The highest BCUT2D eigenvalue weighted by atomic mass is 35.5. The highest BCUT2D eigenvalue weighted by molar-refractivity contribution is 6.34. The van der Waals surface area contributed by atoms with Gasteiger partial charge in [-0.25, -0.2) is 4.79 Å². The molecule has 0 aliphatic rings. The van der Waals surface area contributed by atoms with Gasteiger partial charge in [-0.05, 0) is 37.5 Å². The zero-order valence-electron chi connectivity index (χ0n) is 15.0. The molecule has 25 heavy (non-hydrogen) atoms. The molecule has 0 spiro atoms. The number of halogens is 1. The van der Waals surface area contributed by atoms with Crippen molar-refractivity contribution in [1.29, 1.82) is 0 Å². The van der Waals surface area contributed by atoms with Crippen LogP contribution in [0.2, 0.25) is 5.02 Å². The lowest BCUT2D eigenvalue weighted by Gasteiger charge is -2.26. The lowest BCUT2D eigenvalue weighted by atomic mass is 9.95. The summed E-state index contributed by atoms with van der Waals surface area (Å²) in [5, 5.41) is 14.8. The molecule has 7 heteroatoms. The molecule has 0 fully saturated rings. The molecule has 1 aromatic rings. The minimum atomic E-state index is -1.38. The van der Waals surface area contributed by atoms with Crippen LogP contribution in [0.15, 0.2) is 18.2 Å². The summed E-state index contributed by atoms with van der Waals surface area (Å²) in [6.07, 6.45) is 1.25. The molecule has 0 saturated carbocycles. The van der Waals surface area contributed by atoms with Crippen LogP contribution in [0.5, 0.6) is 0 Å². The van der Waals surface area contributed by atoms with Crippen molar-refractivity contribution in [3.63, 3.8) is 0 Å². The Hall–Kier alpha value is -2.08. The fourth-order valence-electron chi connectivity index (χ4n) is 2.40. The second-order valence-electron chi connectivity index (χ2n) is 6.68. The molecule has 1 unspecified atom stereocenters. The number of amides is 2. The van der Waals surface area contributed by atoms with Crippen LogP contribution in [-0.4, -0.2) is 28.4 Å². The fraction of sp³-hybridized carbons (Fsp3) is 0.500. The van der Waals surface area contributed by atoms with E-state index in [4.69, 9.17) is 11.6 Å². The maximum atomic E-state index is 12.5. The van der Waals surface area contributed by atoms with E-state index in [2.05, 4.69) is 10.6 Å². The van der Waals surface area contributed by atoms with Gasteiger partial charge < -0.3 is 15.7 Å². The highest BCUT2D eigenvalue weighted by Crippen LogP contribution is 2.23. The number of carboxylic acid groups (broad SMARTS) is 1. The van der Waals surface area contributed by atoms with Crippen molar-refractivity contribution in [3.05, 3.63) is 28.8 Å². The molecule has 0 heterocycles. The Balaban J connectivity index is 3.00. The number of rotatable bonds is 8. The molecular formula is C18H25ClN2O4. The topological polar surface area (TPSA) is 95.5 Å². The smallest absolute Gasteiger partial charge is 0.329 e. The summed E-state index contributed by atoms with van der Waals surface area (Å²) in [7, 11) is 0. The number of carbonyl (C=O) groups is 3. The van der Waals surface area contributed by atoms with E-state index < -0.39 is 17.4 Å². The second-order valence-corrected chi connectivity index (χ2v) is 7.09. The van der Waals surface area contributed by atoms with Crippen molar-refractivity contribution in [1.82, 2.24) is 5.32 Å². The van der Waals surface area contributed by atoms with Gasteiger partial charge in [0, 0.05) is 12.1 Å². The number of aliphatic carboxylic acids is 1. The largest absolute Gasteiger partial charge is 0.480 e. The average Bonchev–Trinajstić information content (AvgIpc) is 2.48. The molecule has 0 saturated heterocycles. The van der Waals surface area contributed by atoms with Gasteiger partial charge in [0.15, 0.2) is 0 Å². The zero-order valence-corrected chi connectivity index (χ0v) is 15.7. The minimum Gasteiger partial charge on any atom is -0.480 e. The first-order chi connectivity index (χ1) is 11.6. The summed E-state index contributed by atoms with van der Waals surface area (Å²) < 4.78 is 0. The van der Waals surface area contributed by atoms with Crippen LogP contribution >= 0.6 is 11.6 Å². The van der Waals surface area contributed by atoms with Crippen molar-refractivity contribution >= 4 is 35.1 Å². The first-order valence-electron chi connectivity index (χ1n) is 8.24. The molecule has 0 aliphatic carbocycles. The number of hydrogen-bond donors (Lipinski definition) is 3. The number of benzene rings is 1. The molecule has 1 rings (SSSR count). The van der Waals surface area contributed by atoms with E-state index in [-0.39, 0.29) is 28.8 Å². The van der Waals surface area contributed by atoms with E-state index in [0.717, 1.165) is 0 Å². The molecule has 0 aromatic heterocycles. The summed E-state index contributed by atoms with van der Waals surface area (Å²) in [5.74, 6) is -1.66. The molecule has 2 amide bonds. The van der Waals surface area contributed by atoms with E-state index in [1.807, 2.05) is 20.8 Å². The van der Waals surface area contributed by atoms with Gasteiger partial charge in [-0.2, -0.15) is 0 Å². The van der Waals surface area contributed by atoms with Crippen LogP contribution in [0.25, 0.3) is 0 Å². The maximum Gasteiger partial charge on any atom is 0.329 e. The van der Waals surface area contributed by atoms with Crippen molar-refractivity contribution in [3.8, 4) is 0 Å². The number of hydrogen-bond acceptors (Lipinski definition) is 3. The first-order valence-corrected chi connectivity index (χ1v) is 8.62. The standard InChI is InChI=1S/C18H25ClN2O4/c1-5-8-18(4,17(24)25)21-16(23)13-10-12(6-7-14(13)19)20-15(22)9-11(2)3/h6-7,10-11H,5,8-9H2,1-4H3,(H,20,22)(H,21,23)(H,24,25). The third kappa shape index (κ3) is 6.05. The summed E-state index contributed by atoms with van der Waals surface area (Å²) >= 11 is 6.08. The van der Waals surface area contributed by atoms with Crippen molar-refractivity contribution < 1.29 is 19.5 Å². The van der Waals surface area contributed by atoms with Gasteiger partial charge in [0.2, 0.25) is 5.91 Å². The highest BCUT2D eigenvalue weighted by Gasteiger charge is 2.34. The van der Waals surface area contributed by atoms with Gasteiger partial charge in [0.25, 0.3) is 5.91 Å². The average molecular weight is 369 g/mol. The van der Waals surface area contributed by atoms with E-state index in [1.165, 1.54) is 19.1 Å². The van der Waals surface area contributed by atoms with E-state index in [0.29, 0.717) is 18.5 Å². The zero-order chi connectivity index (χ0) is 19.2. The van der Waals surface area contributed by atoms with E-state index in [1.54, 1.807) is 6.07 Å². The monoisotopic (exact) mass is 368 g/mol. The molecule has 1 atom stereocenters. The lowest BCUT2D eigenvalue weighted by Crippen LogP contribution is -2.52. The van der Waals surface area contributed by atoms with Crippen molar-refractivity contribution in [2.24, 2.45) is 5.92 Å². The van der Waals surface area contributed by atoms with Crippen LogP contribution in [0.3, 0.4) is 0 Å².